The Hall–Kier alpha value is -2.84. The Labute approximate surface area is 189 Å². The van der Waals surface area contributed by atoms with E-state index in [2.05, 4.69) is 21.3 Å². The van der Waals surface area contributed by atoms with Gasteiger partial charge in [-0.1, -0.05) is 6.07 Å². The number of methoxy groups -OCH3 is 2. The number of nitrogens with zero attached hydrogens (tertiary/aromatic N) is 3. The molecular formula is C24H32N4O4. The number of amides is 1. The lowest BCUT2D eigenvalue weighted by Gasteiger charge is -2.35. The van der Waals surface area contributed by atoms with Gasteiger partial charge in [-0.15, -0.1) is 0 Å². The number of ether oxygens (including phenoxy) is 3. The highest BCUT2D eigenvalue weighted by Crippen LogP contribution is 2.26. The van der Waals surface area contributed by atoms with Crippen molar-refractivity contribution in [3.05, 3.63) is 47.7 Å². The van der Waals surface area contributed by atoms with Crippen LogP contribution in [0.2, 0.25) is 0 Å². The van der Waals surface area contributed by atoms with E-state index in [4.69, 9.17) is 14.2 Å². The zero-order valence-corrected chi connectivity index (χ0v) is 18.9. The zero-order chi connectivity index (χ0) is 22.3. The normalized spacial score (nSPS) is 19.1. The third-order valence-corrected chi connectivity index (χ3v) is 6.10. The zero-order valence-electron chi connectivity index (χ0n) is 18.9. The highest BCUT2D eigenvalue weighted by Gasteiger charge is 2.25. The van der Waals surface area contributed by atoms with Gasteiger partial charge < -0.3 is 24.4 Å². The van der Waals surface area contributed by atoms with Gasteiger partial charge in [0.1, 0.15) is 17.3 Å². The molecule has 2 aliphatic rings. The molecule has 2 saturated heterocycles. The summed E-state index contributed by atoms with van der Waals surface area (Å²) in [4.78, 5) is 21.9. The molecule has 0 saturated carbocycles. The lowest BCUT2D eigenvalue weighted by molar-refractivity contribution is 0.0625. The van der Waals surface area contributed by atoms with E-state index in [1.807, 2.05) is 17.2 Å². The molecule has 1 N–H and O–H groups in total. The molecule has 8 nitrogen and oxygen atoms in total. The Morgan fingerprint density at radius 1 is 1.19 bits per heavy atom. The second-order valence-corrected chi connectivity index (χ2v) is 8.16. The molecule has 0 radical (unpaired) electrons. The molecule has 0 aliphatic carbocycles. The Morgan fingerprint density at radius 3 is 2.75 bits per heavy atom. The molecule has 1 amide bonds. The predicted octanol–water partition coefficient (Wildman–Crippen LogP) is 2.65. The molecule has 3 heterocycles. The first kappa shape index (κ1) is 22.4. The van der Waals surface area contributed by atoms with Crippen LogP contribution in [-0.4, -0.2) is 80.3 Å². The second kappa shape index (κ2) is 10.7. The van der Waals surface area contributed by atoms with Crippen LogP contribution < -0.4 is 14.8 Å². The second-order valence-electron chi connectivity index (χ2n) is 8.16. The molecule has 172 valence electrons. The van der Waals surface area contributed by atoms with Crippen molar-refractivity contribution in [2.45, 2.75) is 25.5 Å². The van der Waals surface area contributed by atoms with E-state index in [1.165, 1.54) is 5.56 Å². The molecule has 2 aliphatic heterocycles. The lowest BCUT2D eigenvalue weighted by atomic mass is 10.1. The molecule has 0 spiro atoms. The average molecular weight is 441 g/mol. The van der Waals surface area contributed by atoms with Crippen molar-refractivity contribution < 1.29 is 19.0 Å². The topological polar surface area (TPSA) is 76.2 Å². The fourth-order valence-corrected chi connectivity index (χ4v) is 4.24. The summed E-state index contributed by atoms with van der Waals surface area (Å²) in [5.41, 5.74) is 1.73. The molecule has 2 fully saturated rings. The average Bonchev–Trinajstić information content (AvgIpc) is 3.37. The number of hydrogen-bond acceptors (Lipinski definition) is 7. The van der Waals surface area contributed by atoms with Crippen LogP contribution in [0.15, 0.2) is 36.5 Å². The fraction of sp³-hybridized carbons (Fsp3) is 0.500. The molecule has 8 heteroatoms. The minimum Gasteiger partial charge on any atom is -0.497 e. The number of piperazine rings is 1. The van der Waals surface area contributed by atoms with Crippen LogP contribution in [0.4, 0.5) is 5.82 Å². The molecule has 1 unspecified atom stereocenters. The van der Waals surface area contributed by atoms with E-state index in [-0.39, 0.29) is 12.0 Å². The number of carbonyl (C=O) groups is 1. The van der Waals surface area contributed by atoms with Gasteiger partial charge in [-0.05, 0) is 31.0 Å². The van der Waals surface area contributed by atoms with Crippen molar-refractivity contribution >= 4 is 11.7 Å². The summed E-state index contributed by atoms with van der Waals surface area (Å²) >= 11 is 0. The van der Waals surface area contributed by atoms with Crippen molar-refractivity contribution in [2.24, 2.45) is 0 Å². The monoisotopic (exact) mass is 440 g/mol. The van der Waals surface area contributed by atoms with Crippen LogP contribution in [-0.2, 0) is 11.3 Å². The third-order valence-electron chi connectivity index (χ3n) is 6.10. The fourth-order valence-electron chi connectivity index (χ4n) is 4.24. The van der Waals surface area contributed by atoms with Crippen LogP contribution in [0.25, 0.3) is 0 Å². The lowest BCUT2D eigenvalue weighted by Crippen LogP contribution is -2.48. The highest BCUT2D eigenvalue weighted by molar-refractivity contribution is 5.97. The number of aromatic nitrogens is 1. The van der Waals surface area contributed by atoms with E-state index >= 15 is 0 Å². The van der Waals surface area contributed by atoms with Crippen LogP contribution in [0, 0.1) is 0 Å². The molecule has 2 aromatic rings. The summed E-state index contributed by atoms with van der Waals surface area (Å²) in [5, 5.41) is 3.46. The Balaban J connectivity index is 1.33. The molecule has 1 aromatic heterocycles. The number of carbonyl (C=O) groups excluding carboxylic acids is 1. The SMILES string of the molecule is COc1ccc(C(=O)N2CCN(Cc3cccnc3NCC3CCCO3)CC2)c(OC)c1. The number of anilines is 1. The minimum atomic E-state index is -0.00977. The minimum absolute atomic E-state index is 0.00977. The Bertz CT molecular complexity index is 909. The smallest absolute Gasteiger partial charge is 0.257 e. The molecule has 32 heavy (non-hydrogen) atoms. The van der Waals surface area contributed by atoms with Crippen molar-refractivity contribution in [3.8, 4) is 11.5 Å². The quantitative estimate of drug-likeness (QED) is 0.676. The van der Waals surface area contributed by atoms with Gasteiger partial charge in [-0.2, -0.15) is 0 Å². The van der Waals surface area contributed by atoms with Gasteiger partial charge in [0.15, 0.2) is 0 Å². The van der Waals surface area contributed by atoms with Crippen molar-refractivity contribution in [1.82, 2.24) is 14.8 Å². The Kier molecular flexibility index (Phi) is 7.44. The van der Waals surface area contributed by atoms with Gasteiger partial charge in [-0.3, -0.25) is 9.69 Å². The molecular weight excluding hydrogens is 408 g/mol. The number of rotatable bonds is 8. The van der Waals surface area contributed by atoms with Crippen molar-refractivity contribution in [1.29, 1.82) is 0 Å². The maximum Gasteiger partial charge on any atom is 0.257 e. The van der Waals surface area contributed by atoms with Crippen LogP contribution in [0.1, 0.15) is 28.8 Å². The van der Waals surface area contributed by atoms with Crippen molar-refractivity contribution in [3.63, 3.8) is 0 Å². The number of benzene rings is 1. The van der Waals surface area contributed by atoms with Gasteiger partial charge in [0.05, 0.1) is 25.9 Å². The largest absolute Gasteiger partial charge is 0.497 e. The maximum absolute atomic E-state index is 13.1. The number of nitrogens with one attached hydrogen (secondary N) is 1. The summed E-state index contributed by atoms with van der Waals surface area (Å²) in [6, 6.07) is 9.40. The van der Waals surface area contributed by atoms with Crippen LogP contribution >= 0.6 is 0 Å². The summed E-state index contributed by atoms with van der Waals surface area (Å²) in [7, 11) is 3.17. The van der Waals surface area contributed by atoms with E-state index in [0.717, 1.165) is 51.4 Å². The standard InChI is InChI=1S/C24H32N4O4/c1-30-19-7-8-21(22(15-19)31-2)24(29)28-12-10-27(11-13-28)17-18-5-3-9-25-23(18)26-16-20-6-4-14-32-20/h3,5,7-9,15,20H,4,6,10-14,16-17H2,1-2H3,(H,25,26). The highest BCUT2D eigenvalue weighted by atomic mass is 16.5. The number of hydrogen-bond donors (Lipinski definition) is 1. The first-order valence-electron chi connectivity index (χ1n) is 11.2. The molecule has 1 atom stereocenters. The summed E-state index contributed by atoms with van der Waals surface area (Å²) < 4.78 is 16.4. The summed E-state index contributed by atoms with van der Waals surface area (Å²) in [6.45, 7) is 5.41. The summed E-state index contributed by atoms with van der Waals surface area (Å²) in [6.07, 6.45) is 4.33. The van der Waals surface area contributed by atoms with Crippen LogP contribution in [0.5, 0.6) is 11.5 Å². The maximum atomic E-state index is 13.1. The van der Waals surface area contributed by atoms with E-state index in [0.29, 0.717) is 30.2 Å². The summed E-state index contributed by atoms with van der Waals surface area (Å²) in [5.74, 6) is 2.12. The van der Waals surface area contributed by atoms with Gasteiger partial charge >= 0.3 is 0 Å². The Morgan fingerprint density at radius 2 is 2.03 bits per heavy atom. The van der Waals surface area contributed by atoms with E-state index in [9.17, 15) is 4.79 Å². The number of pyridine rings is 1. The molecule has 0 bridgehead atoms. The third kappa shape index (κ3) is 5.31. The van der Waals surface area contributed by atoms with E-state index in [1.54, 1.807) is 32.4 Å². The van der Waals surface area contributed by atoms with Crippen molar-refractivity contribution in [2.75, 3.05) is 58.9 Å². The molecule has 1 aromatic carbocycles. The van der Waals surface area contributed by atoms with Crippen LogP contribution in [0.3, 0.4) is 0 Å². The first-order valence-corrected chi connectivity index (χ1v) is 11.2. The van der Waals surface area contributed by atoms with Gasteiger partial charge in [0.25, 0.3) is 5.91 Å². The van der Waals surface area contributed by atoms with Gasteiger partial charge in [0, 0.05) is 63.7 Å². The van der Waals surface area contributed by atoms with Gasteiger partial charge in [-0.25, -0.2) is 4.98 Å². The predicted molar refractivity (Wildman–Crippen MR) is 122 cm³/mol. The van der Waals surface area contributed by atoms with E-state index < -0.39 is 0 Å². The molecule has 4 rings (SSSR count). The first-order chi connectivity index (χ1) is 15.7. The van der Waals surface area contributed by atoms with Gasteiger partial charge in [0.2, 0.25) is 0 Å².